The molecule has 1 aliphatic rings. The number of benzene rings is 2. The molecule has 0 spiro atoms. The van der Waals surface area contributed by atoms with E-state index < -0.39 is 20.7 Å². The third kappa shape index (κ3) is 5.60. The van der Waals surface area contributed by atoms with E-state index in [1.54, 1.807) is 0 Å². The standard InChI is InChI=1S/C24H25ClFN3O3S2/c1-2-27-21-10-6-9-17(16-7-4-3-5-8-16)18(21)13-32-22-12-20(26)23(11-19(22)25)34(30,31)29-24-14-33-15-28-24/h3-5,7-9,11-12,14-15,18,21,27,29H,2,6,10,13H2,1H3. The minimum atomic E-state index is -4.19. The molecule has 0 aliphatic heterocycles. The van der Waals surface area contributed by atoms with Gasteiger partial charge in [-0.3, -0.25) is 4.72 Å². The summed E-state index contributed by atoms with van der Waals surface area (Å²) in [4.78, 5) is 3.30. The van der Waals surface area contributed by atoms with Gasteiger partial charge in [0.1, 0.15) is 16.5 Å². The van der Waals surface area contributed by atoms with Crippen LogP contribution in [-0.2, 0) is 10.0 Å². The van der Waals surface area contributed by atoms with Crippen molar-refractivity contribution >= 4 is 44.4 Å². The number of hydrogen-bond acceptors (Lipinski definition) is 6. The molecular weight excluding hydrogens is 497 g/mol. The van der Waals surface area contributed by atoms with Crippen molar-refractivity contribution < 1.29 is 17.5 Å². The molecule has 4 rings (SSSR count). The van der Waals surface area contributed by atoms with Gasteiger partial charge in [-0.1, -0.05) is 54.9 Å². The van der Waals surface area contributed by atoms with Gasteiger partial charge in [0.05, 0.1) is 17.1 Å². The van der Waals surface area contributed by atoms with Gasteiger partial charge in [-0.2, -0.15) is 0 Å². The maximum atomic E-state index is 14.9. The first-order valence-corrected chi connectivity index (χ1v) is 13.7. The fourth-order valence-corrected chi connectivity index (χ4v) is 6.05. The Labute approximate surface area is 207 Å². The highest BCUT2D eigenvalue weighted by molar-refractivity contribution is 7.92. The van der Waals surface area contributed by atoms with Crippen molar-refractivity contribution in [1.29, 1.82) is 0 Å². The summed E-state index contributed by atoms with van der Waals surface area (Å²) in [5.41, 5.74) is 3.76. The third-order valence-corrected chi connectivity index (χ3v) is 7.92. The molecular formula is C24H25ClFN3O3S2. The van der Waals surface area contributed by atoms with Crippen LogP contribution in [-0.4, -0.2) is 32.6 Å². The first kappa shape index (κ1) is 24.7. The van der Waals surface area contributed by atoms with Crippen LogP contribution in [0.25, 0.3) is 5.57 Å². The van der Waals surface area contributed by atoms with Crippen molar-refractivity contribution in [3.63, 3.8) is 0 Å². The Hall–Kier alpha value is -2.46. The van der Waals surface area contributed by atoms with Crippen LogP contribution < -0.4 is 14.8 Å². The summed E-state index contributed by atoms with van der Waals surface area (Å²) in [5, 5.41) is 5.05. The van der Waals surface area contributed by atoms with Crippen LogP contribution >= 0.6 is 22.9 Å². The molecule has 1 aromatic heterocycles. The first-order valence-electron chi connectivity index (χ1n) is 10.9. The van der Waals surface area contributed by atoms with E-state index in [0.29, 0.717) is 0 Å². The zero-order valence-corrected chi connectivity index (χ0v) is 20.9. The van der Waals surface area contributed by atoms with E-state index in [1.807, 2.05) is 18.2 Å². The molecule has 2 aromatic carbocycles. The number of rotatable bonds is 9. The average Bonchev–Trinajstić information content (AvgIpc) is 3.33. The summed E-state index contributed by atoms with van der Waals surface area (Å²) in [5.74, 6) is -0.717. The Balaban J connectivity index is 1.56. The zero-order valence-electron chi connectivity index (χ0n) is 18.5. The van der Waals surface area contributed by atoms with Gasteiger partial charge >= 0.3 is 0 Å². The Morgan fingerprint density at radius 2 is 2.06 bits per heavy atom. The van der Waals surface area contributed by atoms with Crippen LogP contribution in [0.4, 0.5) is 10.2 Å². The number of nitrogens with zero attached hydrogens (tertiary/aromatic N) is 1. The third-order valence-electron chi connectivity index (χ3n) is 5.67. The molecule has 1 heterocycles. The largest absolute Gasteiger partial charge is 0.491 e. The highest BCUT2D eigenvalue weighted by atomic mass is 35.5. The minimum absolute atomic E-state index is 0.0149. The summed E-state index contributed by atoms with van der Waals surface area (Å²) >= 11 is 7.55. The summed E-state index contributed by atoms with van der Waals surface area (Å²) < 4.78 is 48.3. The number of ether oxygens (including phenoxy) is 1. The van der Waals surface area contributed by atoms with E-state index in [0.717, 1.165) is 37.1 Å². The maximum Gasteiger partial charge on any atom is 0.266 e. The topological polar surface area (TPSA) is 80.3 Å². The van der Waals surface area contributed by atoms with Gasteiger partial charge in [0.2, 0.25) is 0 Å². The molecule has 0 bridgehead atoms. The first-order chi connectivity index (χ1) is 16.4. The quantitative estimate of drug-likeness (QED) is 0.384. The highest BCUT2D eigenvalue weighted by Crippen LogP contribution is 2.36. The number of allylic oxidation sites excluding steroid dienone is 1. The second-order valence-electron chi connectivity index (χ2n) is 7.88. The number of sulfonamides is 1. The number of anilines is 1. The molecule has 34 heavy (non-hydrogen) atoms. The molecule has 10 heteroatoms. The van der Waals surface area contributed by atoms with E-state index in [2.05, 4.69) is 40.2 Å². The Morgan fingerprint density at radius 1 is 1.26 bits per heavy atom. The zero-order chi connectivity index (χ0) is 24.1. The van der Waals surface area contributed by atoms with Crippen molar-refractivity contribution in [3.8, 4) is 5.75 Å². The Morgan fingerprint density at radius 3 is 2.76 bits per heavy atom. The van der Waals surface area contributed by atoms with Crippen LogP contribution in [0.5, 0.6) is 5.75 Å². The number of thiazole rings is 1. The highest BCUT2D eigenvalue weighted by Gasteiger charge is 2.30. The molecule has 1 aliphatic carbocycles. The maximum absolute atomic E-state index is 14.9. The van der Waals surface area contributed by atoms with E-state index in [-0.39, 0.29) is 35.2 Å². The lowest BCUT2D eigenvalue weighted by Crippen LogP contribution is -2.41. The number of nitrogens with one attached hydrogen (secondary N) is 2. The van der Waals surface area contributed by atoms with E-state index in [9.17, 15) is 12.8 Å². The predicted octanol–water partition coefficient (Wildman–Crippen LogP) is 5.59. The smallest absolute Gasteiger partial charge is 0.266 e. The summed E-state index contributed by atoms with van der Waals surface area (Å²) in [6, 6.07) is 12.4. The van der Waals surface area contributed by atoms with Crippen molar-refractivity contribution in [1.82, 2.24) is 10.3 Å². The normalized spacial score (nSPS) is 18.4. The van der Waals surface area contributed by atoms with Gasteiger partial charge in [0.25, 0.3) is 10.0 Å². The Kier molecular flexibility index (Phi) is 7.88. The average molecular weight is 522 g/mol. The summed E-state index contributed by atoms with van der Waals surface area (Å²) in [6.07, 6.45) is 4.13. The molecule has 2 N–H and O–H groups in total. The van der Waals surface area contributed by atoms with Gasteiger partial charge < -0.3 is 10.1 Å². The Bertz CT molecular complexity index is 1250. The second-order valence-corrected chi connectivity index (χ2v) is 10.7. The number of halogens is 2. The number of aromatic nitrogens is 1. The summed E-state index contributed by atoms with van der Waals surface area (Å²) in [7, 11) is -4.19. The van der Waals surface area contributed by atoms with Gasteiger partial charge in [-0.25, -0.2) is 17.8 Å². The lowest BCUT2D eigenvalue weighted by atomic mass is 9.80. The van der Waals surface area contributed by atoms with Crippen molar-refractivity contribution in [2.75, 3.05) is 17.9 Å². The lowest BCUT2D eigenvalue weighted by Gasteiger charge is -2.33. The van der Waals surface area contributed by atoms with Gasteiger partial charge in [-0.15, -0.1) is 11.3 Å². The van der Waals surface area contributed by atoms with Gasteiger partial charge in [0.15, 0.2) is 5.82 Å². The number of hydrogen-bond donors (Lipinski definition) is 2. The van der Waals surface area contributed by atoms with Gasteiger partial charge in [0, 0.05) is 23.4 Å². The molecule has 0 radical (unpaired) electrons. The molecule has 0 saturated carbocycles. The molecule has 2 atom stereocenters. The van der Waals surface area contributed by atoms with Crippen LogP contribution in [0.1, 0.15) is 25.3 Å². The summed E-state index contributed by atoms with van der Waals surface area (Å²) in [6.45, 7) is 3.14. The van der Waals surface area contributed by atoms with E-state index in [1.165, 1.54) is 27.8 Å². The lowest BCUT2D eigenvalue weighted by molar-refractivity contribution is 0.236. The second kappa shape index (κ2) is 10.9. The molecule has 6 nitrogen and oxygen atoms in total. The molecule has 0 amide bonds. The molecule has 0 saturated heterocycles. The molecule has 180 valence electrons. The fraction of sp³-hybridized carbons (Fsp3) is 0.292. The van der Waals surface area contributed by atoms with Crippen LogP contribution in [0.3, 0.4) is 0 Å². The molecule has 0 fully saturated rings. The monoisotopic (exact) mass is 521 g/mol. The van der Waals surface area contributed by atoms with Gasteiger partial charge in [-0.05, 0) is 36.6 Å². The van der Waals surface area contributed by atoms with Crippen LogP contribution in [0.15, 0.2) is 64.3 Å². The van der Waals surface area contributed by atoms with E-state index >= 15 is 0 Å². The van der Waals surface area contributed by atoms with Crippen molar-refractivity contribution in [3.05, 3.63) is 75.8 Å². The molecule has 2 unspecified atom stereocenters. The van der Waals surface area contributed by atoms with Crippen LogP contribution in [0, 0.1) is 11.7 Å². The fourth-order valence-electron chi connectivity index (χ4n) is 4.12. The molecule has 3 aromatic rings. The van der Waals surface area contributed by atoms with Crippen molar-refractivity contribution in [2.24, 2.45) is 5.92 Å². The minimum Gasteiger partial charge on any atom is -0.491 e. The van der Waals surface area contributed by atoms with Crippen molar-refractivity contribution in [2.45, 2.75) is 30.7 Å². The van der Waals surface area contributed by atoms with Crippen LogP contribution in [0.2, 0.25) is 5.02 Å². The predicted molar refractivity (Wildman–Crippen MR) is 134 cm³/mol. The SMILES string of the molecule is CCNC1CCC=C(c2ccccc2)C1COc1cc(F)c(S(=O)(=O)Nc2cscn2)cc1Cl. The van der Waals surface area contributed by atoms with E-state index in [4.69, 9.17) is 16.3 Å².